The molecule has 0 atom stereocenters. The van der Waals surface area contributed by atoms with Crippen LogP contribution in [0, 0.1) is 6.92 Å². The lowest BCUT2D eigenvalue weighted by Crippen LogP contribution is -2.24. The van der Waals surface area contributed by atoms with Crippen LogP contribution in [0.4, 0.5) is 0 Å². The fourth-order valence-electron chi connectivity index (χ4n) is 3.07. The minimum absolute atomic E-state index is 0.00178. The largest absolute Gasteiger partial charge is 0.478 e. The number of rotatable bonds is 6. The molecule has 0 amide bonds. The molecule has 3 aromatic heterocycles. The van der Waals surface area contributed by atoms with Crippen LogP contribution in [0.3, 0.4) is 0 Å². The molecule has 0 N–H and O–H groups in total. The van der Waals surface area contributed by atoms with Crippen molar-refractivity contribution in [2.24, 2.45) is 0 Å². The minimum Gasteiger partial charge on any atom is -0.478 e. The molecule has 3 rings (SSSR count). The van der Waals surface area contributed by atoms with Gasteiger partial charge >= 0.3 is 0 Å². The van der Waals surface area contributed by atoms with Crippen molar-refractivity contribution >= 4 is 16.7 Å². The molecule has 128 valence electrons. The molecule has 0 bridgehead atoms. The van der Waals surface area contributed by atoms with Crippen molar-refractivity contribution in [3.05, 3.63) is 34.0 Å². The van der Waals surface area contributed by atoms with E-state index in [-0.39, 0.29) is 5.56 Å². The molecule has 0 radical (unpaired) electrons. The second kappa shape index (κ2) is 6.63. The lowest BCUT2D eigenvalue weighted by Gasteiger charge is -2.13. The Hall–Kier alpha value is -2.37. The van der Waals surface area contributed by atoms with Crippen molar-refractivity contribution in [3.63, 3.8) is 0 Å². The average molecular weight is 328 g/mol. The van der Waals surface area contributed by atoms with E-state index >= 15 is 0 Å². The molecule has 6 nitrogen and oxygen atoms in total. The fraction of sp³-hybridized carbons (Fsp3) is 0.500. The summed E-state index contributed by atoms with van der Waals surface area (Å²) in [6.07, 6.45) is 2.55. The van der Waals surface area contributed by atoms with Crippen molar-refractivity contribution < 1.29 is 4.74 Å². The number of pyridine rings is 1. The summed E-state index contributed by atoms with van der Waals surface area (Å²) in [5, 5.41) is 0. The number of imidazole rings is 1. The minimum atomic E-state index is -0.00178. The third-order valence-electron chi connectivity index (χ3n) is 4.12. The van der Waals surface area contributed by atoms with Crippen molar-refractivity contribution in [3.8, 4) is 5.88 Å². The molecular formula is C18H24N4O2. The summed E-state index contributed by atoms with van der Waals surface area (Å²) in [5.74, 6) is 1.44. The van der Waals surface area contributed by atoms with Gasteiger partial charge in [0, 0.05) is 19.0 Å². The SMILES string of the molecule is CCCOc1ccc2c(n1)n1c(CC)nc(C)c1c(=O)n2CCC. The zero-order valence-electron chi connectivity index (χ0n) is 14.8. The van der Waals surface area contributed by atoms with Crippen LogP contribution in [0.2, 0.25) is 0 Å². The van der Waals surface area contributed by atoms with E-state index in [4.69, 9.17) is 4.74 Å². The summed E-state index contributed by atoms with van der Waals surface area (Å²) in [7, 11) is 0. The van der Waals surface area contributed by atoms with E-state index in [1.54, 1.807) is 4.57 Å². The molecular weight excluding hydrogens is 304 g/mol. The zero-order chi connectivity index (χ0) is 17.3. The number of hydrogen-bond acceptors (Lipinski definition) is 4. The Morgan fingerprint density at radius 1 is 1.12 bits per heavy atom. The Kier molecular flexibility index (Phi) is 4.55. The molecule has 0 fully saturated rings. The number of hydrogen-bond donors (Lipinski definition) is 0. The van der Waals surface area contributed by atoms with Gasteiger partial charge in [0.15, 0.2) is 5.65 Å². The van der Waals surface area contributed by atoms with Gasteiger partial charge in [-0.05, 0) is 25.8 Å². The first-order chi connectivity index (χ1) is 11.6. The second-order valence-corrected chi connectivity index (χ2v) is 5.95. The van der Waals surface area contributed by atoms with Crippen molar-refractivity contribution in [2.45, 2.75) is 53.5 Å². The van der Waals surface area contributed by atoms with Gasteiger partial charge in [-0.25, -0.2) is 4.98 Å². The van der Waals surface area contributed by atoms with Gasteiger partial charge in [-0.15, -0.1) is 0 Å². The molecule has 0 aliphatic rings. The van der Waals surface area contributed by atoms with Gasteiger partial charge in [0.05, 0.1) is 17.8 Å². The van der Waals surface area contributed by atoms with Crippen molar-refractivity contribution in [2.75, 3.05) is 6.61 Å². The fourth-order valence-corrected chi connectivity index (χ4v) is 3.07. The zero-order valence-corrected chi connectivity index (χ0v) is 14.8. The predicted molar refractivity (Wildman–Crippen MR) is 94.9 cm³/mol. The highest BCUT2D eigenvalue weighted by Gasteiger charge is 2.18. The molecule has 24 heavy (non-hydrogen) atoms. The number of ether oxygens (including phenoxy) is 1. The summed E-state index contributed by atoms with van der Waals surface area (Å²) in [6, 6.07) is 3.77. The molecule has 0 unspecified atom stereocenters. The van der Waals surface area contributed by atoms with Crippen LogP contribution < -0.4 is 10.3 Å². The van der Waals surface area contributed by atoms with Crippen LogP contribution in [0.5, 0.6) is 5.88 Å². The van der Waals surface area contributed by atoms with Crippen LogP contribution in [-0.2, 0) is 13.0 Å². The van der Waals surface area contributed by atoms with Gasteiger partial charge < -0.3 is 9.30 Å². The summed E-state index contributed by atoms with van der Waals surface area (Å²) < 4.78 is 9.39. The average Bonchev–Trinajstić information content (AvgIpc) is 2.93. The van der Waals surface area contributed by atoms with Crippen LogP contribution in [-0.4, -0.2) is 25.5 Å². The van der Waals surface area contributed by atoms with Crippen molar-refractivity contribution in [1.82, 2.24) is 18.9 Å². The molecule has 0 aliphatic carbocycles. The molecule has 0 spiro atoms. The van der Waals surface area contributed by atoms with E-state index in [1.165, 1.54) is 0 Å². The maximum atomic E-state index is 13.0. The predicted octanol–water partition coefficient (Wildman–Crippen LogP) is 3.11. The second-order valence-electron chi connectivity index (χ2n) is 5.95. The molecule has 6 heteroatoms. The van der Waals surface area contributed by atoms with Crippen molar-refractivity contribution in [1.29, 1.82) is 0 Å². The molecule has 0 aliphatic heterocycles. The van der Waals surface area contributed by atoms with Crippen LogP contribution in [0.15, 0.2) is 16.9 Å². The van der Waals surface area contributed by atoms with E-state index in [2.05, 4.69) is 23.8 Å². The Balaban J connectivity index is 2.41. The Morgan fingerprint density at radius 3 is 2.58 bits per heavy atom. The van der Waals surface area contributed by atoms with E-state index in [9.17, 15) is 4.79 Å². The molecule has 3 heterocycles. The highest BCUT2D eigenvalue weighted by Crippen LogP contribution is 2.21. The van der Waals surface area contributed by atoms with Gasteiger partial charge in [0.1, 0.15) is 11.3 Å². The summed E-state index contributed by atoms with van der Waals surface area (Å²) in [5.41, 5.74) is 2.94. The third-order valence-corrected chi connectivity index (χ3v) is 4.12. The first-order valence-corrected chi connectivity index (χ1v) is 8.66. The molecule has 0 saturated carbocycles. The van der Waals surface area contributed by atoms with E-state index in [1.807, 2.05) is 30.4 Å². The maximum absolute atomic E-state index is 13.0. The topological polar surface area (TPSA) is 61.4 Å². The van der Waals surface area contributed by atoms with Crippen LogP contribution in [0.25, 0.3) is 16.7 Å². The third kappa shape index (κ3) is 2.56. The molecule has 3 aromatic rings. The van der Waals surface area contributed by atoms with E-state index in [0.29, 0.717) is 24.5 Å². The summed E-state index contributed by atoms with van der Waals surface area (Å²) >= 11 is 0. The Morgan fingerprint density at radius 2 is 1.92 bits per heavy atom. The first-order valence-electron chi connectivity index (χ1n) is 8.66. The van der Waals surface area contributed by atoms with Gasteiger partial charge in [0.2, 0.25) is 5.88 Å². The smallest absolute Gasteiger partial charge is 0.277 e. The number of aromatic nitrogens is 4. The summed E-state index contributed by atoms with van der Waals surface area (Å²) in [4.78, 5) is 22.3. The van der Waals surface area contributed by atoms with Gasteiger partial charge in [0.25, 0.3) is 5.56 Å². The highest BCUT2D eigenvalue weighted by atomic mass is 16.5. The normalized spacial score (nSPS) is 11.5. The number of fused-ring (bicyclic) bond motifs is 3. The number of nitrogens with zero attached hydrogens (tertiary/aromatic N) is 4. The van der Waals surface area contributed by atoms with Gasteiger partial charge in [-0.2, -0.15) is 4.98 Å². The van der Waals surface area contributed by atoms with Crippen LogP contribution >= 0.6 is 0 Å². The molecule has 0 aromatic carbocycles. The summed E-state index contributed by atoms with van der Waals surface area (Å²) in [6.45, 7) is 9.33. The van der Waals surface area contributed by atoms with Crippen LogP contribution in [0.1, 0.15) is 45.1 Å². The first kappa shape index (κ1) is 16.5. The lowest BCUT2D eigenvalue weighted by atomic mass is 10.3. The standard InChI is InChI=1S/C18H24N4O2/c1-5-10-21-13-8-9-15(24-11-6-2)20-17(13)22-14(7-3)19-12(4)16(22)18(21)23/h8-9H,5-7,10-11H2,1-4H3. The quantitative estimate of drug-likeness (QED) is 0.697. The van der Waals surface area contributed by atoms with Gasteiger partial charge in [-0.1, -0.05) is 20.8 Å². The molecule has 0 saturated heterocycles. The Labute approximate surface area is 141 Å². The van der Waals surface area contributed by atoms with E-state index in [0.717, 1.165) is 41.9 Å². The monoisotopic (exact) mass is 328 g/mol. The number of aryl methyl sites for hydroxylation is 3. The van der Waals surface area contributed by atoms with Gasteiger partial charge in [-0.3, -0.25) is 9.20 Å². The highest BCUT2D eigenvalue weighted by molar-refractivity contribution is 5.77. The lowest BCUT2D eigenvalue weighted by molar-refractivity contribution is 0.306. The Bertz CT molecular complexity index is 940. The van der Waals surface area contributed by atoms with E-state index < -0.39 is 0 Å². The maximum Gasteiger partial charge on any atom is 0.277 e.